The van der Waals surface area contributed by atoms with Crippen molar-refractivity contribution in [3.63, 3.8) is 0 Å². The number of hydrogen-bond acceptors (Lipinski definition) is 25. The largest absolute Gasteiger partial charge is 1.00 e. The van der Waals surface area contributed by atoms with E-state index < -0.39 is 87.5 Å². The number of aliphatic imine (C=N–C) groups is 1. The van der Waals surface area contributed by atoms with Gasteiger partial charge in [-0.15, -0.1) is 33.6 Å². The van der Waals surface area contributed by atoms with Gasteiger partial charge in [0.15, 0.2) is 17.0 Å². The Kier molecular flexibility index (Phi) is 25.7. The molecule has 0 aliphatic carbocycles. The first-order chi connectivity index (χ1) is 32.2. The number of fused-ring (bicyclic) bond motifs is 1. The van der Waals surface area contributed by atoms with Gasteiger partial charge in [-0.2, -0.15) is 33.7 Å². The van der Waals surface area contributed by atoms with Gasteiger partial charge in [-0.1, -0.05) is 41.6 Å². The van der Waals surface area contributed by atoms with Crippen LogP contribution in [-0.4, -0.2) is 80.0 Å². The molecule has 2 N–H and O–H groups in total. The van der Waals surface area contributed by atoms with E-state index in [9.17, 15) is 57.1 Å². The van der Waals surface area contributed by atoms with Crippen molar-refractivity contribution in [2.45, 2.75) is 44.8 Å². The molecule has 2 heterocycles. The van der Waals surface area contributed by atoms with Crippen molar-refractivity contribution in [3.8, 4) is 6.07 Å². The Morgan fingerprint density at radius 3 is 1.62 bits per heavy atom. The van der Waals surface area contributed by atoms with E-state index >= 15 is 0 Å². The number of aryl methyl sites for hydroxylation is 1. The van der Waals surface area contributed by atoms with Gasteiger partial charge < -0.3 is 28.8 Å². The Balaban J connectivity index is 0.00000293. The Morgan fingerprint density at radius 1 is 0.649 bits per heavy atom. The van der Waals surface area contributed by atoms with Crippen LogP contribution in [0, 0.1) is 31.2 Å². The van der Waals surface area contributed by atoms with Crippen LogP contribution in [0.25, 0.3) is 10.8 Å². The number of benzene rings is 5. The summed E-state index contributed by atoms with van der Waals surface area (Å²) in [6, 6.07) is 23.9. The van der Waals surface area contributed by atoms with Crippen molar-refractivity contribution in [3.05, 3.63) is 125 Å². The fourth-order valence-electron chi connectivity index (χ4n) is 6.27. The molecule has 74 heavy (non-hydrogen) atoms. The third-order valence-corrected chi connectivity index (χ3v) is 13.8. The van der Waals surface area contributed by atoms with E-state index in [4.69, 9.17) is 17.6 Å². The topological polar surface area (TPSA) is 403 Å². The molecule has 35 heteroatoms. The molecule has 1 aliphatic rings. The number of thioether (sulfide) groups is 1. The Hall–Kier alpha value is -3.93. The monoisotopic (exact) mass is 1090 g/mol. The zero-order chi connectivity index (χ0) is 50.6. The summed E-state index contributed by atoms with van der Waals surface area (Å²) in [6.45, 7) is 3.38. The Labute approximate surface area is 489 Å². The van der Waals surface area contributed by atoms with Gasteiger partial charge in [-0.05, 0) is 85.0 Å². The average molecular weight is 1090 g/mol. The van der Waals surface area contributed by atoms with Crippen molar-refractivity contribution in [2.24, 2.45) is 25.4 Å². The second-order valence-corrected chi connectivity index (χ2v) is 21.0. The number of azo groups is 2. The number of nitrogens with zero attached hydrogens (tertiary/aromatic N) is 7. The first kappa shape index (κ1) is 68.1. The minimum absolute atomic E-state index is 0. The van der Waals surface area contributed by atoms with Crippen LogP contribution in [0.2, 0.25) is 0 Å². The van der Waals surface area contributed by atoms with Crippen molar-refractivity contribution in [1.82, 2.24) is 4.98 Å². The second-order valence-electron chi connectivity index (χ2n) is 14.0. The molecule has 0 saturated heterocycles. The SMILES string of the molecule is Cc1ccc(C2N=C(N=Nc3c(Nc4ccc(S(=O)(=O)[O-])cc4)nc(Nc4ccc(S(=O)(=O)[O-])cc4)c(C#N)c3C)SC2N=Nc2cc(S(=O)(=O)[O-])c3c[c-]cc(S(=O)(=O)[O-])c3c2)cc1.O=S(=O)=O.[Li+].[Li+].[Li+].[Li+].[Li+]. The first-order valence-electron chi connectivity index (χ1n) is 18.6. The predicted octanol–water partition coefficient (Wildman–Crippen LogP) is -9.32. The van der Waals surface area contributed by atoms with E-state index in [1.165, 1.54) is 31.2 Å². The summed E-state index contributed by atoms with van der Waals surface area (Å²) in [4.78, 5) is 6.51. The molecule has 2 atom stereocenters. The maximum atomic E-state index is 12.3. The number of aromatic nitrogens is 1. The van der Waals surface area contributed by atoms with Crippen LogP contribution in [0.3, 0.4) is 0 Å². The summed E-state index contributed by atoms with van der Waals surface area (Å²) in [7, 11) is -23.1. The predicted molar refractivity (Wildman–Crippen MR) is 239 cm³/mol. The third kappa shape index (κ3) is 17.6. The van der Waals surface area contributed by atoms with Gasteiger partial charge in [-0.25, -0.2) is 35.2 Å². The van der Waals surface area contributed by atoms with Gasteiger partial charge in [0, 0.05) is 21.8 Å². The summed E-state index contributed by atoms with van der Waals surface area (Å²) in [6.07, 6.45) is 0. The standard InChI is InChI=1S/C39H30N9O12S5.5Li.O3S/c1-21-6-8-23(9-7-21)35-38(47-45-26-18-30-29(33(19-26)65(58,59)60)4-3-5-32(30)64(55,56)57)61-39(43-35)48-46-34-22(2)31(20-40)36(41-24-10-14-27(15-11-24)62(49,50)51)44-37(34)42-25-12-16-28(17-13-25)63(52,53)54;;;;;;1-4(2)3/h4-19,35,38H,1-2H3,(H2,41,42,44)(H,49,50,51)(H,52,53,54)(H,55,56,57)(H,58,59,60);;;;;;/q-1;5*+1;/p-4. The molecule has 0 bridgehead atoms. The minimum atomic E-state index is -5.24. The van der Waals surface area contributed by atoms with Crippen LogP contribution in [0.4, 0.5) is 34.4 Å². The van der Waals surface area contributed by atoms with Gasteiger partial charge in [0.1, 0.15) is 48.2 Å². The van der Waals surface area contributed by atoms with Gasteiger partial charge >= 0.3 is 105 Å². The summed E-state index contributed by atoms with van der Waals surface area (Å²) < 4.78 is 168. The fourth-order valence-corrected chi connectivity index (χ4v) is 9.48. The number of anilines is 4. The Bertz CT molecular complexity index is 3760. The molecule has 24 nitrogen and oxygen atoms in total. The van der Waals surface area contributed by atoms with Crippen LogP contribution in [0.15, 0.2) is 142 Å². The molecular weight excluding hydrogens is 1060 g/mol. The molecule has 358 valence electrons. The second kappa shape index (κ2) is 27.9. The number of nitrogens with one attached hydrogen (secondary N) is 2. The molecule has 7 rings (SSSR count). The van der Waals surface area contributed by atoms with Gasteiger partial charge in [0.2, 0.25) is 5.17 Å². The molecule has 0 amide bonds. The smallest absolute Gasteiger partial charge is 0.754 e. The Morgan fingerprint density at radius 2 is 1.15 bits per heavy atom. The summed E-state index contributed by atoms with van der Waals surface area (Å²) >= 11 is 0.943. The molecule has 0 radical (unpaired) electrons. The minimum Gasteiger partial charge on any atom is -0.754 e. The third-order valence-electron chi connectivity index (χ3n) is 9.40. The van der Waals surface area contributed by atoms with E-state index in [0.717, 1.165) is 65.9 Å². The van der Waals surface area contributed by atoms with Crippen molar-refractivity contribution in [1.29, 1.82) is 5.26 Å². The summed E-state index contributed by atoms with van der Waals surface area (Å²) in [5.74, 6) is -0.119. The molecule has 0 fully saturated rings. The molecule has 0 spiro atoms. The molecular formula is C39H26Li5N9O15S6. The van der Waals surface area contributed by atoms with E-state index in [0.29, 0.717) is 5.56 Å². The molecule has 2 unspecified atom stereocenters. The van der Waals surface area contributed by atoms with Crippen LogP contribution in [0.5, 0.6) is 0 Å². The first-order valence-corrected chi connectivity index (χ1v) is 26.1. The quantitative estimate of drug-likeness (QED) is 0.0497. The van der Waals surface area contributed by atoms with Crippen molar-refractivity contribution in [2.75, 3.05) is 10.6 Å². The number of amidine groups is 1. The van der Waals surface area contributed by atoms with Crippen LogP contribution in [-0.2, 0) is 51.1 Å². The van der Waals surface area contributed by atoms with Gasteiger partial charge in [0.25, 0.3) is 0 Å². The molecule has 0 saturated carbocycles. The molecule has 1 aliphatic heterocycles. The maximum absolute atomic E-state index is 12.3. The molecule has 1 aromatic heterocycles. The zero-order valence-corrected chi connectivity index (χ0v) is 44.5. The maximum Gasteiger partial charge on any atom is 1.00 e. The normalized spacial score (nSPS) is 14.3. The van der Waals surface area contributed by atoms with Crippen molar-refractivity contribution >= 4 is 113 Å². The van der Waals surface area contributed by atoms with Crippen LogP contribution >= 0.6 is 11.8 Å². The van der Waals surface area contributed by atoms with E-state index in [1.54, 1.807) is 12.1 Å². The van der Waals surface area contributed by atoms with E-state index in [2.05, 4.69) is 42.1 Å². The fraction of sp³-hybridized carbons (Fsp3) is 0.103. The average Bonchev–Trinajstić information content (AvgIpc) is 3.67. The zero-order valence-electron chi connectivity index (χ0n) is 39.6. The number of nitriles is 1. The van der Waals surface area contributed by atoms with E-state index in [-0.39, 0.29) is 150 Å². The van der Waals surface area contributed by atoms with Gasteiger partial charge in [-0.3, -0.25) is 8.42 Å². The van der Waals surface area contributed by atoms with Crippen LogP contribution < -0.4 is 105 Å². The molecule has 5 aromatic carbocycles. The van der Waals surface area contributed by atoms with Crippen molar-refractivity contribution < 1.29 is 159 Å². The molecule has 6 aromatic rings. The summed E-state index contributed by atoms with van der Waals surface area (Å²) in [5.41, 5.74) is 1.82. The van der Waals surface area contributed by atoms with E-state index in [1.807, 2.05) is 25.1 Å². The number of rotatable bonds is 12. The van der Waals surface area contributed by atoms with Crippen LogP contribution in [0.1, 0.15) is 28.3 Å². The number of pyridine rings is 1. The number of hydrogen-bond donors (Lipinski definition) is 2. The van der Waals surface area contributed by atoms with Gasteiger partial charge in [0.05, 0.1) is 31.2 Å². The summed E-state index contributed by atoms with van der Waals surface area (Å²) in [5, 5.41) is 31.7.